The lowest BCUT2D eigenvalue weighted by molar-refractivity contribution is -0.140. The fourth-order valence-electron chi connectivity index (χ4n) is 3.64. The van der Waals surface area contributed by atoms with E-state index in [1.165, 1.54) is 5.56 Å². The molecular formula is C24H27NO4. The van der Waals surface area contributed by atoms with E-state index in [2.05, 4.69) is 6.92 Å². The number of aryl methyl sites for hydroxylation is 2. The summed E-state index contributed by atoms with van der Waals surface area (Å²) in [5.41, 5.74) is 3.70. The second kappa shape index (κ2) is 9.05. The molecule has 0 aliphatic carbocycles. The van der Waals surface area contributed by atoms with Crippen molar-refractivity contribution in [1.82, 2.24) is 4.90 Å². The molecule has 2 aromatic carbocycles. The number of ketones is 1. The number of aliphatic hydroxyl groups is 1. The van der Waals surface area contributed by atoms with Crippen LogP contribution in [0.4, 0.5) is 0 Å². The van der Waals surface area contributed by atoms with Crippen LogP contribution in [-0.2, 0) is 20.7 Å². The molecule has 1 atom stereocenters. The molecule has 0 radical (unpaired) electrons. The third-order valence-corrected chi connectivity index (χ3v) is 5.32. The van der Waals surface area contributed by atoms with E-state index >= 15 is 0 Å². The number of carbonyl (C=O) groups excluding carboxylic acids is 2. The van der Waals surface area contributed by atoms with Crippen LogP contribution in [0.2, 0.25) is 0 Å². The minimum atomic E-state index is -0.648. The third-order valence-electron chi connectivity index (χ3n) is 5.32. The van der Waals surface area contributed by atoms with E-state index < -0.39 is 17.7 Å². The van der Waals surface area contributed by atoms with Crippen molar-refractivity contribution >= 4 is 17.4 Å². The summed E-state index contributed by atoms with van der Waals surface area (Å²) in [5.74, 6) is -1.37. The van der Waals surface area contributed by atoms with Gasteiger partial charge in [0.1, 0.15) is 5.76 Å². The first-order chi connectivity index (χ1) is 14.0. The summed E-state index contributed by atoms with van der Waals surface area (Å²) in [7, 11) is 1.60. The molecule has 1 aliphatic heterocycles. The first kappa shape index (κ1) is 20.8. The number of aliphatic hydroxyl groups excluding tert-OH is 1. The molecule has 5 heteroatoms. The minimum Gasteiger partial charge on any atom is -0.507 e. The molecule has 1 amide bonds. The average Bonchev–Trinajstić information content (AvgIpc) is 2.99. The Labute approximate surface area is 171 Å². The van der Waals surface area contributed by atoms with Gasteiger partial charge in [-0.15, -0.1) is 0 Å². The van der Waals surface area contributed by atoms with Crippen molar-refractivity contribution in [3.63, 3.8) is 0 Å². The predicted octanol–water partition coefficient (Wildman–Crippen LogP) is 4.02. The highest BCUT2D eigenvalue weighted by Crippen LogP contribution is 2.39. The largest absolute Gasteiger partial charge is 0.507 e. The Balaban J connectivity index is 2.09. The van der Waals surface area contributed by atoms with Crippen molar-refractivity contribution < 1.29 is 19.4 Å². The Morgan fingerprint density at radius 2 is 1.72 bits per heavy atom. The molecule has 5 nitrogen and oxygen atoms in total. The molecule has 0 aromatic heterocycles. The van der Waals surface area contributed by atoms with Crippen molar-refractivity contribution in [2.45, 2.75) is 32.7 Å². The van der Waals surface area contributed by atoms with E-state index in [4.69, 9.17) is 4.74 Å². The molecule has 1 heterocycles. The molecule has 1 aliphatic rings. The summed E-state index contributed by atoms with van der Waals surface area (Å²) in [6, 6.07) is 14.5. The van der Waals surface area contributed by atoms with E-state index in [1.54, 1.807) is 24.1 Å². The van der Waals surface area contributed by atoms with Crippen LogP contribution in [0.25, 0.3) is 5.76 Å². The topological polar surface area (TPSA) is 66.8 Å². The van der Waals surface area contributed by atoms with Gasteiger partial charge in [-0.1, -0.05) is 61.0 Å². The van der Waals surface area contributed by atoms with Crippen LogP contribution >= 0.6 is 0 Å². The molecule has 1 fully saturated rings. The van der Waals surface area contributed by atoms with E-state index in [9.17, 15) is 14.7 Å². The number of nitrogens with zero attached hydrogens (tertiary/aromatic N) is 1. The Kier molecular flexibility index (Phi) is 6.49. The van der Waals surface area contributed by atoms with Crippen LogP contribution in [0.3, 0.4) is 0 Å². The lowest BCUT2D eigenvalue weighted by Gasteiger charge is -2.25. The van der Waals surface area contributed by atoms with Gasteiger partial charge >= 0.3 is 0 Å². The zero-order chi connectivity index (χ0) is 21.0. The summed E-state index contributed by atoms with van der Waals surface area (Å²) in [6.45, 7) is 4.89. The summed E-state index contributed by atoms with van der Waals surface area (Å²) >= 11 is 0. The smallest absolute Gasteiger partial charge is 0.295 e. The highest BCUT2D eigenvalue weighted by molar-refractivity contribution is 6.46. The number of carbonyl (C=O) groups is 2. The van der Waals surface area contributed by atoms with Gasteiger partial charge in [-0.2, -0.15) is 0 Å². The van der Waals surface area contributed by atoms with Crippen LogP contribution in [0, 0.1) is 6.92 Å². The van der Waals surface area contributed by atoms with Gasteiger partial charge in [0, 0.05) is 25.8 Å². The van der Waals surface area contributed by atoms with Gasteiger partial charge in [0.2, 0.25) is 0 Å². The normalized spacial score (nSPS) is 18.4. The molecule has 1 N–H and O–H groups in total. The number of benzene rings is 2. The quantitative estimate of drug-likeness (QED) is 0.334. The first-order valence-electron chi connectivity index (χ1n) is 9.91. The van der Waals surface area contributed by atoms with Crippen molar-refractivity contribution in [2.75, 3.05) is 20.3 Å². The number of rotatable bonds is 7. The lowest BCUT2D eigenvalue weighted by Crippen LogP contribution is -2.31. The molecule has 0 saturated carbocycles. The molecule has 0 bridgehead atoms. The summed E-state index contributed by atoms with van der Waals surface area (Å²) in [5, 5.41) is 11.0. The number of Topliss-reactive ketones (excluding diaryl/α,β-unsaturated/α-hetero) is 1. The van der Waals surface area contributed by atoms with E-state index in [-0.39, 0.29) is 11.3 Å². The van der Waals surface area contributed by atoms with E-state index in [0.29, 0.717) is 25.1 Å². The molecular weight excluding hydrogens is 366 g/mol. The predicted molar refractivity (Wildman–Crippen MR) is 113 cm³/mol. The Bertz CT molecular complexity index is 913. The standard InChI is InChI=1S/C24H27NO4/c1-4-17-8-12-18(13-9-17)21-20(22(26)19-10-6-16(2)7-11-19)23(27)24(28)25(21)14-5-15-29-3/h6-13,21,26H,4-5,14-15H2,1-3H3/b22-20-. The van der Waals surface area contributed by atoms with Gasteiger partial charge in [-0.25, -0.2) is 0 Å². The number of hydrogen-bond acceptors (Lipinski definition) is 4. The maximum absolute atomic E-state index is 12.9. The molecule has 1 unspecified atom stereocenters. The molecule has 152 valence electrons. The fourth-order valence-corrected chi connectivity index (χ4v) is 3.64. The number of ether oxygens (including phenoxy) is 1. The molecule has 0 spiro atoms. The monoisotopic (exact) mass is 393 g/mol. The van der Waals surface area contributed by atoms with Gasteiger partial charge in [0.25, 0.3) is 11.7 Å². The molecule has 1 saturated heterocycles. The number of likely N-dealkylation sites (tertiary alicyclic amines) is 1. The highest BCUT2D eigenvalue weighted by Gasteiger charge is 2.45. The van der Waals surface area contributed by atoms with Crippen LogP contribution in [-0.4, -0.2) is 42.0 Å². The van der Waals surface area contributed by atoms with Crippen LogP contribution in [0.1, 0.15) is 41.6 Å². The van der Waals surface area contributed by atoms with Gasteiger partial charge < -0.3 is 14.7 Å². The number of amides is 1. The minimum absolute atomic E-state index is 0.137. The lowest BCUT2D eigenvalue weighted by atomic mass is 9.94. The van der Waals surface area contributed by atoms with Crippen LogP contribution < -0.4 is 0 Å². The maximum Gasteiger partial charge on any atom is 0.295 e. The molecule has 2 aromatic rings. The van der Waals surface area contributed by atoms with Gasteiger partial charge in [-0.05, 0) is 30.9 Å². The number of hydrogen-bond donors (Lipinski definition) is 1. The van der Waals surface area contributed by atoms with Gasteiger partial charge in [0.15, 0.2) is 0 Å². The van der Waals surface area contributed by atoms with E-state index in [0.717, 1.165) is 17.5 Å². The Hall–Kier alpha value is -2.92. The second-order valence-electron chi connectivity index (χ2n) is 7.30. The van der Waals surface area contributed by atoms with Crippen LogP contribution in [0.15, 0.2) is 54.1 Å². The zero-order valence-electron chi connectivity index (χ0n) is 17.1. The van der Waals surface area contributed by atoms with Crippen molar-refractivity contribution in [1.29, 1.82) is 0 Å². The van der Waals surface area contributed by atoms with Crippen LogP contribution in [0.5, 0.6) is 0 Å². The Morgan fingerprint density at radius 1 is 1.07 bits per heavy atom. The second-order valence-corrected chi connectivity index (χ2v) is 7.30. The first-order valence-corrected chi connectivity index (χ1v) is 9.91. The SMILES string of the molecule is CCc1ccc(C2/C(=C(/O)c3ccc(C)cc3)C(=O)C(=O)N2CCCOC)cc1. The van der Waals surface area contributed by atoms with Gasteiger partial charge in [-0.3, -0.25) is 9.59 Å². The molecule has 3 rings (SSSR count). The summed E-state index contributed by atoms with van der Waals surface area (Å²) < 4.78 is 5.11. The fraction of sp³-hybridized carbons (Fsp3) is 0.333. The summed E-state index contributed by atoms with van der Waals surface area (Å²) in [4.78, 5) is 27.2. The van der Waals surface area contributed by atoms with Crippen molar-refractivity contribution in [2.24, 2.45) is 0 Å². The highest BCUT2D eigenvalue weighted by atomic mass is 16.5. The van der Waals surface area contributed by atoms with Crippen molar-refractivity contribution in [3.05, 3.63) is 76.4 Å². The Morgan fingerprint density at radius 3 is 2.31 bits per heavy atom. The maximum atomic E-state index is 12.9. The number of methoxy groups -OCH3 is 1. The van der Waals surface area contributed by atoms with Gasteiger partial charge in [0.05, 0.1) is 11.6 Å². The summed E-state index contributed by atoms with van der Waals surface area (Å²) in [6.07, 6.45) is 1.51. The van der Waals surface area contributed by atoms with Crippen molar-refractivity contribution in [3.8, 4) is 0 Å². The average molecular weight is 393 g/mol. The molecule has 29 heavy (non-hydrogen) atoms. The zero-order valence-corrected chi connectivity index (χ0v) is 17.1. The third kappa shape index (κ3) is 4.25. The van der Waals surface area contributed by atoms with E-state index in [1.807, 2.05) is 43.3 Å².